The maximum absolute atomic E-state index is 13.1. The fourth-order valence-electron chi connectivity index (χ4n) is 3.99. The van der Waals surface area contributed by atoms with E-state index in [1.807, 2.05) is 42.5 Å². The summed E-state index contributed by atoms with van der Waals surface area (Å²) in [5.74, 6) is 2.77. The molecule has 0 bridgehead atoms. The molecule has 170 valence electrons. The highest BCUT2D eigenvalue weighted by Crippen LogP contribution is 2.39. The van der Waals surface area contributed by atoms with Gasteiger partial charge in [-0.25, -0.2) is 13.4 Å². The van der Waals surface area contributed by atoms with Gasteiger partial charge in [-0.05, 0) is 48.5 Å². The summed E-state index contributed by atoms with van der Waals surface area (Å²) in [4.78, 5) is 7.21. The number of halogens is 1. The van der Waals surface area contributed by atoms with Crippen LogP contribution in [0.1, 0.15) is 5.56 Å². The van der Waals surface area contributed by atoms with E-state index in [4.69, 9.17) is 26.1 Å². The largest absolute Gasteiger partial charge is 0.497 e. The van der Waals surface area contributed by atoms with E-state index in [0.29, 0.717) is 48.5 Å². The number of ether oxygens (including phenoxy) is 2. The quantitative estimate of drug-likeness (QED) is 0.547. The number of nitrogens with zero attached hydrogens (tertiary/aromatic N) is 3. The summed E-state index contributed by atoms with van der Waals surface area (Å²) in [6, 6.07) is 19.6. The Morgan fingerprint density at radius 1 is 0.939 bits per heavy atom. The van der Waals surface area contributed by atoms with Crippen LogP contribution in [0.3, 0.4) is 0 Å². The maximum atomic E-state index is 13.1. The van der Waals surface area contributed by atoms with Gasteiger partial charge in [0.05, 0.1) is 17.6 Å². The van der Waals surface area contributed by atoms with Gasteiger partial charge < -0.3 is 14.4 Å². The Morgan fingerprint density at radius 2 is 1.73 bits per heavy atom. The van der Waals surface area contributed by atoms with Crippen molar-refractivity contribution in [2.24, 2.45) is 4.99 Å². The van der Waals surface area contributed by atoms with Crippen molar-refractivity contribution in [3.8, 4) is 17.2 Å². The number of para-hydroxylation sites is 2. The summed E-state index contributed by atoms with van der Waals surface area (Å²) in [6.45, 7) is 1.63. The molecule has 5 rings (SSSR count). The summed E-state index contributed by atoms with van der Waals surface area (Å²) in [5, 5.41) is 0.395. The molecule has 2 aliphatic heterocycles. The number of hydrogen-bond donors (Lipinski definition) is 0. The van der Waals surface area contributed by atoms with Gasteiger partial charge in [-0.1, -0.05) is 29.8 Å². The molecule has 1 fully saturated rings. The number of benzene rings is 3. The van der Waals surface area contributed by atoms with Crippen LogP contribution >= 0.6 is 11.6 Å². The smallest absolute Gasteiger partial charge is 0.243 e. The summed E-state index contributed by atoms with van der Waals surface area (Å²) >= 11 is 6.01. The van der Waals surface area contributed by atoms with Crippen LogP contribution in [0, 0.1) is 0 Å². The van der Waals surface area contributed by atoms with Crippen LogP contribution in [0.15, 0.2) is 76.6 Å². The first-order chi connectivity index (χ1) is 16.0. The van der Waals surface area contributed by atoms with Crippen LogP contribution in [0.25, 0.3) is 0 Å². The van der Waals surface area contributed by atoms with Gasteiger partial charge in [-0.15, -0.1) is 0 Å². The molecule has 7 nitrogen and oxygen atoms in total. The minimum absolute atomic E-state index is 0.202. The normalized spacial score (nSPS) is 16.2. The second kappa shape index (κ2) is 8.70. The van der Waals surface area contributed by atoms with Gasteiger partial charge in [0.2, 0.25) is 10.0 Å². The van der Waals surface area contributed by atoms with Crippen LogP contribution < -0.4 is 9.47 Å². The van der Waals surface area contributed by atoms with E-state index in [1.54, 1.807) is 25.3 Å². The summed E-state index contributed by atoms with van der Waals surface area (Å²) in [6.07, 6.45) is 0. The predicted molar refractivity (Wildman–Crippen MR) is 127 cm³/mol. The highest BCUT2D eigenvalue weighted by molar-refractivity contribution is 7.89. The fourth-order valence-corrected chi connectivity index (χ4v) is 5.71. The van der Waals surface area contributed by atoms with Crippen molar-refractivity contribution in [1.82, 2.24) is 9.21 Å². The van der Waals surface area contributed by atoms with E-state index in [9.17, 15) is 8.42 Å². The number of piperazine rings is 1. The van der Waals surface area contributed by atoms with E-state index < -0.39 is 10.0 Å². The Hall–Kier alpha value is -3.07. The molecule has 2 heterocycles. The number of amidine groups is 1. The molecule has 0 radical (unpaired) electrons. The Kier molecular flexibility index (Phi) is 5.74. The predicted octanol–water partition coefficient (Wildman–Crippen LogP) is 4.54. The van der Waals surface area contributed by atoms with E-state index in [2.05, 4.69) is 4.90 Å². The van der Waals surface area contributed by atoms with E-state index >= 15 is 0 Å². The highest BCUT2D eigenvalue weighted by atomic mass is 35.5. The Balaban J connectivity index is 1.46. The maximum Gasteiger partial charge on any atom is 0.243 e. The lowest BCUT2D eigenvalue weighted by molar-refractivity contribution is 0.266. The molecule has 0 spiro atoms. The number of fused-ring (bicyclic) bond motifs is 2. The van der Waals surface area contributed by atoms with Gasteiger partial charge >= 0.3 is 0 Å². The van der Waals surface area contributed by atoms with Crippen molar-refractivity contribution in [3.63, 3.8) is 0 Å². The summed E-state index contributed by atoms with van der Waals surface area (Å²) < 4.78 is 39.3. The Labute approximate surface area is 197 Å². The minimum atomic E-state index is -3.63. The molecule has 0 aromatic heterocycles. The molecule has 2 aliphatic rings. The first-order valence-corrected chi connectivity index (χ1v) is 12.3. The SMILES string of the molecule is COc1ccc2c(c1)C(N1CCN(S(=O)(=O)c3cccc(Cl)c3)CC1)=Nc1ccccc1O2. The molecule has 9 heteroatoms. The average Bonchev–Trinajstić information content (AvgIpc) is 3.00. The highest BCUT2D eigenvalue weighted by Gasteiger charge is 2.31. The molecule has 33 heavy (non-hydrogen) atoms. The second-order valence-corrected chi connectivity index (χ2v) is 10.1. The summed E-state index contributed by atoms with van der Waals surface area (Å²) in [5.41, 5.74) is 1.52. The summed E-state index contributed by atoms with van der Waals surface area (Å²) in [7, 11) is -2.01. The van der Waals surface area contributed by atoms with Crippen molar-refractivity contribution < 1.29 is 17.9 Å². The first kappa shape index (κ1) is 21.8. The molecule has 3 aromatic rings. The first-order valence-electron chi connectivity index (χ1n) is 10.5. The van der Waals surface area contributed by atoms with Crippen molar-refractivity contribution in [3.05, 3.63) is 77.3 Å². The third-order valence-corrected chi connectivity index (χ3v) is 7.84. The molecular weight excluding hydrogens is 462 g/mol. The molecule has 0 unspecified atom stereocenters. The molecule has 0 amide bonds. The Morgan fingerprint density at radius 3 is 2.48 bits per heavy atom. The Bertz CT molecular complexity index is 1340. The lowest BCUT2D eigenvalue weighted by Crippen LogP contribution is -2.50. The van der Waals surface area contributed by atoms with Crippen LogP contribution in [0.4, 0.5) is 5.69 Å². The van der Waals surface area contributed by atoms with Gasteiger partial charge in [-0.3, -0.25) is 0 Å². The topological polar surface area (TPSA) is 71.4 Å². The number of methoxy groups -OCH3 is 1. The van der Waals surface area contributed by atoms with Crippen molar-refractivity contribution in [1.29, 1.82) is 0 Å². The third kappa shape index (κ3) is 4.17. The molecule has 0 atom stereocenters. The second-order valence-electron chi connectivity index (χ2n) is 7.72. The van der Waals surface area contributed by atoms with Crippen LogP contribution in [0.2, 0.25) is 5.02 Å². The van der Waals surface area contributed by atoms with Gasteiger partial charge in [0, 0.05) is 31.2 Å². The van der Waals surface area contributed by atoms with Crippen LogP contribution in [-0.4, -0.2) is 56.7 Å². The molecule has 1 saturated heterocycles. The molecular formula is C24H22ClN3O4S. The zero-order valence-corrected chi connectivity index (χ0v) is 19.5. The molecule has 0 aliphatic carbocycles. The zero-order chi connectivity index (χ0) is 23.0. The minimum Gasteiger partial charge on any atom is -0.497 e. The average molecular weight is 484 g/mol. The number of aliphatic imine (C=N–C) groups is 1. The monoisotopic (exact) mass is 483 g/mol. The third-order valence-electron chi connectivity index (χ3n) is 5.71. The van der Waals surface area contributed by atoms with Gasteiger partial charge in [0.25, 0.3) is 0 Å². The van der Waals surface area contributed by atoms with Gasteiger partial charge in [-0.2, -0.15) is 4.31 Å². The lowest BCUT2D eigenvalue weighted by Gasteiger charge is -2.36. The van der Waals surface area contributed by atoms with E-state index in [-0.39, 0.29) is 4.90 Å². The van der Waals surface area contributed by atoms with E-state index in [0.717, 1.165) is 17.1 Å². The van der Waals surface area contributed by atoms with Crippen LogP contribution in [-0.2, 0) is 10.0 Å². The van der Waals surface area contributed by atoms with Crippen molar-refractivity contribution in [2.75, 3.05) is 33.3 Å². The van der Waals surface area contributed by atoms with Gasteiger partial charge in [0.1, 0.15) is 23.0 Å². The lowest BCUT2D eigenvalue weighted by atomic mass is 10.1. The standard InChI is InChI=1S/C24H22ClN3O4S/c1-31-18-9-10-22-20(16-18)24(26-21-7-2-3-8-23(21)32-22)27-11-13-28(14-12-27)33(29,30)19-6-4-5-17(25)15-19/h2-10,15-16H,11-14H2,1H3. The van der Waals surface area contributed by atoms with Crippen molar-refractivity contribution in [2.45, 2.75) is 4.90 Å². The number of hydrogen-bond acceptors (Lipinski definition) is 6. The molecule has 0 N–H and O–H groups in total. The van der Waals surface area contributed by atoms with Crippen molar-refractivity contribution >= 4 is 33.1 Å². The molecule has 0 saturated carbocycles. The van der Waals surface area contributed by atoms with E-state index in [1.165, 1.54) is 10.4 Å². The number of rotatable bonds is 3. The zero-order valence-electron chi connectivity index (χ0n) is 17.9. The van der Waals surface area contributed by atoms with Gasteiger partial charge in [0.15, 0.2) is 5.75 Å². The van der Waals surface area contributed by atoms with Crippen LogP contribution in [0.5, 0.6) is 17.2 Å². The molecule has 3 aromatic carbocycles. The number of sulfonamides is 1. The fraction of sp³-hybridized carbons (Fsp3) is 0.208.